The summed E-state index contributed by atoms with van der Waals surface area (Å²) in [5, 5.41) is 8.85. The molecule has 0 bridgehead atoms. The van der Waals surface area contributed by atoms with Crippen molar-refractivity contribution in [3.63, 3.8) is 0 Å². The van der Waals surface area contributed by atoms with Gasteiger partial charge in [-0.25, -0.2) is 0 Å². The molecule has 1 aromatic rings. The maximum Gasteiger partial charge on any atom is 0.0684 e. The molecule has 1 rings (SSSR count). The van der Waals surface area contributed by atoms with Crippen LogP contribution >= 0.6 is 0 Å². The lowest BCUT2D eigenvalue weighted by molar-refractivity contribution is 0.280. The second kappa shape index (κ2) is 6.83. The van der Waals surface area contributed by atoms with Crippen LogP contribution in [-0.4, -0.2) is 12.2 Å². The molecule has 12 heavy (non-hydrogen) atoms. The van der Waals surface area contributed by atoms with Gasteiger partial charge in [-0.1, -0.05) is 31.2 Å². The van der Waals surface area contributed by atoms with Crippen molar-refractivity contribution in [3.8, 4) is 0 Å². The maximum absolute atomic E-state index is 8.85. The van der Waals surface area contributed by atoms with Crippen molar-refractivity contribution >= 4 is 0 Å². The van der Waals surface area contributed by atoms with Gasteiger partial charge < -0.3 is 10.8 Å². The minimum absolute atomic E-state index is 0.157. The first kappa shape index (κ1) is 11.1. The van der Waals surface area contributed by atoms with Crippen LogP contribution in [0.3, 0.4) is 0 Å². The Kier molecular flexibility index (Phi) is 6.34. The van der Waals surface area contributed by atoms with Crippen LogP contribution in [0.1, 0.15) is 18.1 Å². The van der Waals surface area contributed by atoms with Gasteiger partial charge in [-0.05, 0) is 24.6 Å². The van der Waals surface area contributed by atoms with Crippen LogP contribution in [0.25, 0.3) is 0 Å². The van der Waals surface area contributed by atoms with E-state index in [1.807, 2.05) is 24.3 Å². The van der Waals surface area contributed by atoms with Crippen molar-refractivity contribution < 1.29 is 5.11 Å². The molecule has 68 valence electrons. The van der Waals surface area contributed by atoms with E-state index in [2.05, 4.69) is 12.7 Å². The largest absolute Gasteiger partial charge is 0.392 e. The molecule has 0 heterocycles. The van der Waals surface area contributed by atoms with Crippen molar-refractivity contribution in [1.29, 1.82) is 0 Å². The topological polar surface area (TPSA) is 46.2 Å². The fourth-order valence-corrected chi connectivity index (χ4v) is 1.06. The molecule has 2 heteroatoms. The average molecular weight is 167 g/mol. The van der Waals surface area contributed by atoms with E-state index in [1.165, 1.54) is 12.6 Å². The van der Waals surface area contributed by atoms with E-state index < -0.39 is 0 Å². The monoisotopic (exact) mass is 167 g/mol. The summed E-state index contributed by atoms with van der Waals surface area (Å²) in [7, 11) is 1.50. The van der Waals surface area contributed by atoms with Gasteiger partial charge >= 0.3 is 0 Å². The van der Waals surface area contributed by atoms with Gasteiger partial charge in [0.15, 0.2) is 0 Å². The summed E-state index contributed by atoms with van der Waals surface area (Å²) in [6.45, 7) is 2.25. The zero-order valence-electron chi connectivity index (χ0n) is 7.75. The quantitative estimate of drug-likeness (QED) is 0.697. The zero-order chi connectivity index (χ0) is 9.40. The highest BCUT2D eigenvalue weighted by molar-refractivity contribution is 5.25. The molecule has 0 spiro atoms. The molecular formula is C10H17NO. The first-order chi connectivity index (χ1) is 5.88. The Morgan fingerprint density at radius 3 is 2.00 bits per heavy atom. The number of hydrogen-bond donors (Lipinski definition) is 2. The maximum atomic E-state index is 8.85. The van der Waals surface area contributed by atoms with Crippen LogP contribution < -0.4 is 5.73 Å². The summed E-state index contributed by atoms with van der Waals surface area (Å²) in [5.41, 5.74) is 6.79. The molecule has 2 nitrogen and oxygen atoms in total. The molecule has 0 saturated carbocycles. The van der Waals surface area contributed by atoms with Crippen molar-refractivity contribution in [1.82, 2.24) is 0 Å². The summed E-state index contributed by atoms with van der Waals surface area (Å²) >= 11 is 0. The smallest absolute Gasteiger partial charge is 0.0684 e. The summed E-state index contributed by atoms with van der Waals surface area (Å²) in [6.07, 6.45) is 0.997. The lowest BCUT2D eigenvalue weighted by Gasteiger charge is -2.01. The Morgan fingerprint density at radius 2 is 1.67 bits per heavy atom. The van der Waals surface area contributed by atoms with Crippen molar-refractivity contribution in [2.24, 2.45) is 5.73 Å². The third-order valence-corrected chi connectivity index (χ3v) is 1.67. The molecule has 0 aliphatic heterocycles. The predicted molar refractivity (Wildman–Crippen MR) is 51.9 cm³/mol. The average Bonchev–Trinajstić information content (AvgIpc) is 2.20. The Morgan fingerprint density at radius 1 is 1.17 bits per heavy atom. The Labute approximate surface area is 74.0 Å². The van der Waals surface area contributed by atoms with E-state index in [0.29, 0.717) is 0 Å². The van der Waals surface area contributed by atoms with Crippen LogP contribution in [0.4, 0.5) is 0 Å². The minimum atomic E-state index is 0.157. The second-order valence-corrected chi connectivity index (χ2v) is 2.28. The molecule has 0 unspecified atom stereocenters. The number of aliphatic hydroxyl groups is 1. The van der Waals surface area contributed by atoms with Gasteiger partial charge in [-0.3, -0.25) is 0 Å². The number of rotatable bonds is 2. The first-order valence-corrected chi connectivity index (χ1v) is 4.14. The molecule has 0 fully saturated rings. The van der Waals surface area contributed by atoms with Gasteiger partial charge in [0, 0.05) is 0 Å². The fraction of sp³-hybridized carbons (Fsp3) is 0.400. The highest BCUT2D eigenvalue weighted by Crippen LogP contribution is 2.08. The molecule has 0 radical (unpaired) electrons. The molecule has 0 aliphatic rings. The first-order valence-electron chi connectivity index (χ1n) is 4.14. The van der Waals surface area contributed by atoms with Crippen LogP contribution in [0, 0.1) is 0 Å². The van der Waals surface area contributed by atoms with Gasteiger partial charge in [0.05, 0.1) is 6.61 Å². The molecule has 1 aromatic carbocycles. The van der Waals surface area contributed by atoms with Crippen molar-refractivity contribution in [3.05, 3.63) is 35.4 Å². The molecule has 3 N–H and O–H groups in total. The van der Waals surface area contributed by atoms with Crippen molar-refractivity contribution in [2.45, 2.75) is 20.0 Å². The Hall–Kier alpha value is -0.860. The van der Waals surface area contributed by atoms with Gasteiger partial charge in [-0.15, -0.1) is 0 Å². The minimum Gasteiger partial charge on any atom is -0.392 e. The highest BCUT2D eigenvalue weighted by atomic mass is 16.3. The van der Waals surface area contributed by atoms with E-state index in [0.717, 1.165) is 12.0 Å². The molecule has 0 atom stereocenters. The van der Waals surface area contributed by atoms with E-state index in [4.69, 9.17) is 5.11 Å². The molecule has 0 amide bonds. The van der Waals surface area contributed by atoms with E-state index in [9.17, 15) is 0 Å². The van der Waals surface area contributed by atoms with Crippen LogP contribution in [0.2, 0.25) is 0 Å². The zero-order valence-corrected chi connectivity index (χ0v) is 7.75. The summed E-state index contributed by atoms with van der Waals surface area (Å²) < 4.78 is 0. The van der Waals surface area contributed by atoms with E-state index in [1.54, 1.807) is 0 Å². The molecular weight excluding hydrogens is 150 g/mol. The van der Waals surface area contributed by atoms with Gasteiger partial charge in [-0.2, -0.15) is 0 Å². The summed E-state index contributed by atoms with van der Waals surface area (Å²) in [6, 6.07) is 7.95. The highest BCUT2D eigenvalue weighted by Gasteiger charge is 1.94. The van der Waals surface area contributed by atoms with Gasteiger partial charge in [0.25, 0.3) is 0 Å². The number of aliphatic hydroxyl groups excluding tert-OH is 1. The van der Waals surface area contributed by atoms with Gasteiger partial charge in [0.1, 0.15) is 0 Å². The predicted octanol–water partition coefficient (Wildman–Crippen LogP) is 1.32. The van der Waals surface area contributed by atoms with E-state index >= 15 is 0 Å². The van der Waals surface area contributed by atoms with Crippen LogP contribution in [0.15, 0.2) is 24.3 Å². The third kappa shape index (κ3) is 3.03. The fourth-order valence-electron chi connectivity index (χ4n) is 1.06. The molecule has 0 saturated heterocycles. The normalized spacial score (nSPS) is 8.67. The lowest BCUT2D eigenvalue weighted by atomic mass is 10.1. The van der Waals surface area contributed by atoms with E-state index in [-0.39, 0.29) is 6.61 Å². The SMILES string of the molecule is CCc1ccccc1CO.CN. The Balaban J connectivity index is 0.000000561. The van der Waals surface area contributed by atoms with Crippen molar-refractivity contribution in [2.75, 3.05) is 7.05 Å². The number of hydrogen-bond acceptors (Lipinski definition) is 2. The molecule has 0 aromatic heterocycles. The third-order valence-electron chi connectivity index (χ3n) is 1.67. The van der Waals surface area contributed by atoms with Crippen LogP contribution in [-0.2, 0) is 13.0 Å². The standard InChI is InChI=1S/C9H12O.CH5N/c1-2-8-5-3-4-6-9(8)7-10;1-2/h3-6,10H,2,7H2,1H3;2H2,1H3. The lowest BCUT2D eigenvalue weighted by Crippen LogP contribution is -1.90. The van der Waals surface area contributed by atoms with Crippen LogP contribution in [0.5, 0.6) is 0 Å². The molecule has 0 aliphatic carbocycles. The number of nitrogens with two attached hydrogens (primary N) is 1. The summed E-state index contributed by atoms with van der Waals surface area (Å²) in [4.78, 5) is 0. The van der Waals surface area contributed by atoms with Gasteiger partial charge in [0.2, 0.25) is 0 Å². The number of aryl methyl sites for hydroxylation is 1. The summed E-state index contributed by atoms with van der Waals surface area (Å²) in [5.74, 6) is 0. The number of benzene rings is 1. The second-order valence-electron chi connectivity index (χ2n) is 2.28. The Bertz CT molecular complexity index is 188.